The minimum atomic E-state index is -4.01. The highest BCUT2D eigenvalue weighted by Gasteiger charge is 2.27. The molecule has 2 N–H and O–H groups in total. The summed E-state index contributed by atoms with van der Waals surface area (Å²) in [5.74, 6) is 0. The third-order valence-electron chi connectivity index (χ3n) is 4.53. The van der Waals surface area contributed by atoms with E-state index in [0.717, 1.165) is 19.2 Å². The molecule has 0 radical (unpaired) electrons. The van der Waals surface area contributed by atoms with Gasteiger partial charge in [0, 0.05) is 6.07 Å². The van der Waals surface area contributed by atoms with E-state index < -0.39 is 14.9 Å². The van der Waals surface area contributed by atoms with Crippen LogP contribution in [0, 0.1) is 10.1 Å². The monoisotopic (exact) mass is 411 g/mol. The molecule has 1 heterocycles. The summed E-state index contributed by atoms with van der Waals surface area (Å²) in [6, 6.07) is 10.4. The molecular weight excluding hydrogens is 392 g/mol. The lowest BCUT2D eigenvalue weighted by Crippen LogP contribution is -3.12. The van der Waals surface area contributed by atoms with E-state index in [2.05, 4.69) is 11.8 Å². The lowest BCUT2D eigenvalue weighted by atomic mass is 10.2. The van der Waals surface area contributed by atoms with Crippen LogP contribution in [0.4, 0.5) is 17.1 Å². The molecule has 0 atom stereocenters. The average Bonchev–Trinajstić information content (AvgIpc) is 2.63. The number of nitro groups is 1. The Labute approximate surface area is 162 Å². The van der Waals surface area contributed by atoms with Gasteiger partial charge in [0.1, 0.15) is 5.69 Å². The number of hydrogen-bond acceptors (Lipinski definition) is 5. The number of nitrogens with zero attached hydrogens (tertiary/aromatic N) is 2. The van der Waals surface area contributed by atoms with Gasteiger partial charge in [0.15, 0.2) is 0 Å². The number of halogens is 1. The van der Waals surface area contributed by atoms with Crippen molar-refractivity contribution in [3.8, 4) is 0 Å². The molecule has 1 aliphatic heterocycles. The maximum absolute atomic E-state index is 12.6. The topological polar surface area (TPSA) is 97.0 Å². The second-order valence-electron chi connectivity index (χ2n) is 6.44. The van der Waals surface area contributed by atoms with E-state index in [1.807, 2.05) is 4.90 Å². The lowest BCUT2D eigenvalue weighted by Gasteiger charge is -2.31. The predicted octanol–water partition coefficient (Wildman–Crippen LogP) is 1.38. The molecule has 0 bridgehead atoms. The van der Waals surface area contributed by atoms with Gasteiger partial charge in [0.2, 0.25) is 0 Å². The molecule has 1 saturated heterocycles. The molecule has 2 aromatic rings. The molecule has 8 nitrogen and oxygen atoms in total. The molecule has 0 spiro atoms. The fourth-order valence-electron chi connectivity index (χ4n) is 2.96. The first-order valence-corrected chi connectivity index (χ1v) is 10.3. The number of benzene rings is 2. The number of nitro benzene ring substituents is 1. The molecule has 0 unspecified atom stereocenters. The van der Waals surface area contributed by atoms with Crippen molar-refractivity contribution in [2.45, 2.75) is 4.90 Å². The number of quaternary nitrogens is 1. The van der Waals surface area contributed by atoms with Gasteiger partial charge in [0.05, 0.1) is 53.8 Å². The number of anilines is 2. The minimum absolute atomic E-state index is 0.183. The average molecular weight is 412 g/mol. The van der Waals surface area contributed by atoms with Crippen LogP contribution in [0.15, 0.2) is 47.4 Å². The van der Waals surface area contributed by atoms with Gasteiger partial charge in [-0.3, -0.25) is 14.8 Å². The summed E-state index contributed by atoms with van der Waals surface area (Å²) >= 11 is 5.99. The van der Waals surface area contributed by atoms with Crippen molar-refractivity contribution >= 4 is 38.7 Å². The molecule has 0 aromatic heterocycles. The first-order valence-electron chi connectivity index (χ1n) is 8.40. The molecular formula is C17H20ClN4O4S+. The van der Waals surface area contributed by atoms with E-state index in [4.69, 9.17) is 11.6 Å². The second kappa shape index (κ2) is 7.71. The van der Waals surface area contributed by atoms with Gasteiger partial charge in [-0.15, -0.1) is 0 Å². The molecule has 0 aliphatic carbocycles. The molecule has 10 heteroatoms. The first-order chi connectivity index (χ1) is 12.8. The first kappa shape index (κ1) is 19.4. The maximum atomic E-state index is 12.6. The van der Waals surface area contributed by atoms with Gasteiger partial charge in [-0.05, 0) is 24.3 Å². The Morgan fingerprint density at radius 3 is 2.48 bits per heavy atom. The molecule has 0 saturated carbocycles. The van der Waals surface area contributed by atoms with Crippen LogP contribution < -0.4 is 14.5 Å². The van der Waals surface area contributed by atoms with Crippen molar-refractivity contribution in [3.05, 3.63) is 57.6 Å². The Kier molecular flexibility index (Phi) is 5.54. The Morgan fingerprint density at radius 2 is 1.85 bits per heavy atom. The van der Waals surface area contributed by atoms with Gasteiger partial charge in [-0.1, -0.05) is 23.7 Å². The van der Waals surface area contributed by atoms with Crippen molar-refractivity contribution in [1.82, 2.24) is 0 Å². The Balaban J connectivity index is 1.93. The summed E-state index contributed by atoms with van der Waals surface area (Å²) < 4.78 is 27.7. The molecule has 3 rings (SSSR count). The number of likely N-dealkylation sites (N-methyl/N-ethyl adjacent to an activating group) is 1. The molecule has 1 aliphatic rings. The zero-order valence-corrected chi connectivity index (χ0v) is 16.3. The summed E-state index contributed by atoms with van der Waals surface area (Å²) in [7, 11) is -1.94. The summed E-state index contributed by atoms with van der Waals surface area (Å²) in [5, 5.41) is 11.8. The molecule has 2 aromatic carbocycles. The summed E-state index contributed by atoms with van der Waals surface area (Å²) in [4.78, 5) is 14.1. The van der Waals surface area contributed by atoms with Gasteiger partial charge in [-0.25, -0.2) is 8.42 Å². The zero-order chi connectivity index (χ0) is 19.6. The zero-order valence-electron chi connectivity index (χ0n) is 14.7. The van der Waals surface area contributed by atoms with Crippen LogP contribution in [0.25, 0.3) is 0 Å². The number of sulfonamides is 1. The normalized spacial score (nSPS) is 15.6. The van der Waals surface area contributed by atoms with Gasteiger partial charge >= 0.3 is 0 Å². The highest BCUT2D eigenvalue weighted by Crippen LogP contribution is 2.32. The fourth-order valence-corrected chi connectivity index (χ4v) is 4.30. The largest absolute Gasteiger partial charge is 0.355 e. The van der Waals surface area contributed by atoms with Crippen LogP contribution in [0.2, 0.25) is 5.02 Å². The van der Waals surface area contributed by atoms with E-state index in [0.29, 0.717) is 18.8 Å². The number of rotatable bonds is 5. The second-order valence-corrected chi connectivity index (χ2v) is 8.53. The highest BCUT2D eigenvalue weighted by atomic mass is 35.5. The highest BCUT2D eigenvalue weighted by molar-refractivity contribution is 7.92. The molecule has 27 heavy (non-hydrogen) atoms. The van der Waals surface area contributed by atoms with E-state index in [-0.39, 0.29) is 21.3 Å². The van der Waals surface area contributed by atoms with E-state index >= 15 is 0 Å². The number of piperazine rings is 1. The van der Waals surface area contributed by atoms with Gasteiger partial charge in [0.25, 0.3) is 15.7 Å². The minimum Gasteiger partial charge on any atom is -0.355 e. The number of hydrogen-bond donors (Lipinski definition) is 2. The van der Waals surface area contributed by atoms with Crippen molar-refractivity contribution < 1.29 is 18.2 Å². The Bertz CT molecular complexity index is 959. The third-order valence-corrected chi connectivity index (χ3v) is 6.22. The summed E-state index contributed by atoms with van der Waals surface area (Å²) in [6.45, 7) is 3.09. The quantitative estimate of drug-likeness (QED) is 0.572. The van der Waals surface area contributed by atoms with E-state index in [1.54, 1.807) is 18.2 Å². The Morgan fingerprint density at radius 1 is 1.19 bits per heavy atom. The van der Waals surface area contributed by atoms with E-state index in [9.17, 15) is 18.5 Å². The third kappa shape index (κ3) is 4.32. The SMILES string of the molecule is C[NH+]1CCN(c2ccc(S(=O)(=O)Nc3ccccc3Cl)cc2[N+](=O)[O-])CC1. The van der Waals surface area contributed by atoms with Crippen molar-refractivity contribution in [2.75, 3.05) is 42.8 Å². The van der Waals surface area contributed by atoms with Gasteiger partial charge in [-0.2, -0.15) is 0 Å². The molecule has 144 valence electrons. The summed E-state index contributed by atoms with van der Waals surface area (Å²) in [5.41, 5.74) is 0.425. The van der Waals surface area contributed by atoms with Crippen LogP contribution in [0.1, 0.15) is 0 Å². The summed E-state index contributed by atoms with van der Waals surface area (Å²) in [6.07, 6.45) is 0. The van der Waals surface area contributed by atoms with E-state index in [1.165, 1.54) is 23.1 Å². The standard InChI is InChI=1S/C17H19ClN4O4S/c1-20-8-10-21(11-9-20)16-7-6-13(12-17(16)22(23)24)27(25,26)19-15-5-3-2-4-14(15)18/h2-7,12,19H,8-11H2,1H3/p+1. The van der Waals surface area contributed by atoms with Crippen molar-refractivity contribution in [1.29, 1.82) is 0 Å². The van der Waals surface area contributed by atoms with Crippen LogP contribution in [-0.2, 0) is 10.0 Å². The van der Waals surface area contributed by atoms with Crippen LogP contribution in [0.5, 0.6) is 0 Å². The van der Waals surface area contributed by atoms with Gasteiger partial charge < -0.3 is 9.80 Å². The smallest absolute Gasteiger partial charge is 0.293 e. The molecule has 1 fully saturated rings. The van der Waals surface area contributed by atoms with Crippen LogP contribution in [-0.4, -0.2) is 46.6 Å². The Hall–Kier alpha value is -2.36. The maximum Gasteiger partial charge on any atom is 0.293 e. The van der Waals surface area contributed by atoms with Crippen molar-refractivity contribution in [3.63, 3.8) is 0 Å². The van der Waals surface area contributed by atoms with Crippen LogP contribution in [0.3, 0.4) is 0 Å². The number of para-hydroxylation sites is 1. The van der Waals surface area contributed by atoms with Crippen LogP contribution >= 0.6 is 11.6 Å². The lowest BCUT2D eigenvalue weighted by molar-refractivity contribution is -0.880. The number of nitrogens with one attached hydrogen (secondary N) is 2. The molecule has 0 amide bonds. The predicted molar refractivity (Wildman–Crippen MR) is 104 cm³/mol. The fraction of sp³-hybridized carbons (Fsp3) is 0.294. The van der Waals surface area contributed by atoms with Crippen molar-refractivity contribution in [2.24, 2.45) is 0 Å².